The number of nitrogens with one attached hydrogen (secondary N) is 1. The number of benzene rings is 2. The van der Waals surface area contributed by atoms with Crippen LogP contribution in [0.1, 0.15) is 23.6 Å². The van der Waals surface area contributed by atoms with Gasteiger partial charge in [-0.2, -0.15) is 0 Å². The van der Waals surface area contributed by atoms with Crippen molar-refractivity contribution in [2.75, 3.05) is 32.2 Å². The first-order chi connectivity index (χ1) is 17.1. The van der Waals surface area contributed by atoms with E-state index in [1.54, 1.807) is 25.1 Å². The van der Waals surface area contributed by atoms with Crippen molar-refractivity contribution in [1.82, 2.24) is 4.90 Å². The summed E-state index contributed by atoms with van der Waals surface area (Å²) in [5.74, 6) is -0.956. The molecule has 1 heterocycles. The Bertz CT molecular complexity index is 1250. The van der Waals surface area contributed by atoms with Gasteiger partial charge in [-0.05, 0) is 79.6 Å². The number of esters is 1. The molecule has 0 radical (unpaired) electrons. The fourth-order valence-electron chi connectivity index (χ4n) is 3.21. The van der Waals surface area contributed by atoms with Crippen molar-refractivity contribution in [3.05, 3.63) is 56.4 Å². The van der Waals surface area contributed by atoms with Crippen LogP contribution >= 0.6 is 27.7 Å². The van der Waals surface area contributed by atoms with E-state index >= 15 is 0 Å². The van der Waals surface area contributed by atoms with Crippen molar-refractivity contribution in [3.8, 4) is 11.5 Å². The van der Waals surface area contributed by atoms with E-state index in [-0.39, 0.29) is 18.1 Å². The molecule has 2 aromatic rings. The van der Waals surface area contributed by atoms with Gasteiger partial charge in [0.05, 0.1) is 18.6 Å². The number of carbonyl (C=O) groups excluding carboxylic acids is 4. The van der Waals surface area contributed by atoms with Crippen molar-refractivity contribution in [2.45, 2.75) is 20.8 Å². The number of ether oxygens (including phenoxy) is 3. The van der Waals surface area contributed by atoms with Gasteiger partial charge in [0.15, 0.2) is 18.1 Å². The lowest BCUT2D eigenvalue weighted by Gasteiger charge is -2.13. The Morgan fingerprint density at radius 3 is 2.53 bits per heavy atom. The Hall–Kier alpha value is -3.31. The van der Waals surface area contributed by atoms with Crippen molar-refractivity contribution >= 4 is 62.5 Å². The summed E-state index contributed by atoms with van der Waals surface area (Å²) in [6, 6.07) is 8.66. The summed E-state index contributed by atoms with van der Waals surface area (Å²) in [6.07, 6.45) is 1.52. The number of methoxy groups -OCH3 is 1. The molecular formula is C25H25BrN2O7S. The number of anilines is 1. The van der Waals surface area contributed by atoms with Crippen molar-refractivity contribution < 1.29 is 33.4 Å². The molecule has 1 saturated heterocycles. The van der Waals surface area contributed by atoms with E-state index in [1.165, 1.54) is 13.2 Å². The fourth-order valence-corrected chi connectivity index (χ4v) is 4.48. The van der Waals surface area contributed by atoms with E-state index in [4.69, 9.17) is 14.2 Å². The molecular weight excluding hydrogens is 552 g/mol. The van der Waals surface area contributed by atoms with Crippen LogP contribution in [0.25, 0.3) is 6.08 Å². The minimum atomic E-state index is -0.575. The lowest BCUT2D eigenvalue weighted by atomic mass is 10.1. The molecule has 0 bridgehead atoms. The summed E-state index contributed by atoms with van der Waals surface area (Å²) in [6.45, 7) is 5.14. The summed E-state index contributed by atoms with van der Waals surface area (Å²) >= 11 is 4.15. The average molecular weight is 577 g/mol. The molecule has 0 aliphatic carbocycles. The molecule has 1 N–H and O–H groups in total. The summed E-state index contributed by atoms with van der Waals surface area (Å²) in [5.41, 5.74) is 3.23. The molecule has 36 heavy (non-hydrogen) atoms. The maximum Gasteiger partial charge on any atom is 0.344 e. The van der Waals surface area contributed by atoms with E-state index in [0.717, 1.165) is 27.8 Å². The van der Waals surface area contributed by atoms with Gasteiger partial charge in [0.2, 0.25) is 5.91 Å². The van der Waals surface area contributed by atoms with Gasteiger partial charge in [0.25, 0.3) is 11.1 Å². The molecule has 3 rings (SSSR count). The standard InChI is InChI=1S/C25H25BrN2O7S/c1-5-34-23(30)13-35-20-11-18(26)16(9-19(20)33-4)10-21-24(31)28(25(32)36-21)12-22(29)27-17-7-6-14(2)15(3)8-17/h6-11H,5,12-13H2,1-4H3,(H,27,29)/b21-10+. The number of thioether (sulfide) groups is 1. The van der Waals surface area contributed by atoms with Gasteiger partial charge in [-0.1, -0.05) is 22.0 Å². The number of hydrogen-bond donors (Lipinski definition) is 1. The lowest BCUT2D eigenvalue weighted by Crippen LogP contribution is -2.36. The molecule has 11 heteroatoms. The number of rotatable bonds is 9. The highest BCUT2D eigenvalue weighted by Crippen LogP contribution is 2.38. The SMILES string of the molecule is CCOC(=O)COc1cc(Br)c(/C=C2/SC(=O)N(CC(=O)Nc3ccc(C)c(C)c3)C2=O)cc1OC. The Morgan fingerprint density at radius 2 is 1.86 bits per heavy atom. The molecule has 0 aromatic heterocycles. The highest BCUT2D eigenvalue weighted by atomic mass is 79.9. The highest BCUT2D eigenvalue weighted by molar-refractivity contribution is 9.10. The van der Waals surface area contributed by atoms with Crippen LogP contribution in [0.5, 0.6) is 11.5 Å². The Labute approximate surface area is 221 Å². The van der Waals surface area contributed by atoms with E-state index in [1.807, 2.05) is 26.0 Å². The number of nitrogens with zero attached hydrogens (tertiary/aromatic N) is 1. The normalized spacial score (nSPS) is 14.2. The third-order valence-electron chi connectivity index (χ3n) is 5.19. The molecule has 190 valence electrons. The molecule has 1 aliphatic heterocycles. The summed E-state index contributed by atoms with van der Waals surface area (Å²) in [5, 5.41) is 2.17. The second-order valence-corrected chi connectivity index (χ2v) is 9.58. The van der Waals surface area contributed by atoms with Crippen LogP contribution in [-0.2, 0) is 19.1 Å². The van der Waals surface area contributed by atoms with Crippen LogP contribution in [0.4, 0.5) is 10.5 Å². The van der Waals surface area contributed by atoms with Crippen LogP contribution in [0.15, 0.2) is 39.7 Å². The molecule has 2 aromatic carbocycles. The number of amides is 3. The van der Waals surface area contributed by atoms with Gasteiger partial charge >= 0.3 is 5.97 Å². The van der Waals surface area contributed by atoms with Gasteiger partial charge in [0.1, 0.15) is 6.54 Å². The van der Waals surface area contributed by atoms with Crippen molar-refractivity contribution in [2.24, 2.45) is 0 Å². The number of imide groups is 1. The zero-order chi connectivity index (χ0) is 26.4. The first-order valence-corrected chi connectivity index (χ1v) is 12.5. The minimum absolute atomic E-state index is 0.155. The number of carbonyl (C=O) groups is 4. The maximum absolute atomic E-state index is 12.9. The molecule has 0 spiro atoms. The molecule has 0 atom stereocenters. The van der Waals surface area contributed by atoms with Crippen LogP contribution in [-0.4, -0.2) is 54.8 Å². The van der Waals surface area contributed by atoms with Crippen LogP contribution in [0.2, 0.25) is 0 Å². The fraction of sp³-hybridized carbons (Fsp3) is 0.280. The molecule has 0 unspecified atom stereocenters. The van der Waals surface area contributed by atoms with E-state index in [9.17, 15) is 19.2 Å². The first-order valence-electron chi connectivity index (χ1n) is 10.9. The first kappa shape index (κ1) is 27.3. The van der Waals surface area contributed by atoms with Crippen LogP contribution < -0.4 is 14.8 Å². The van der Waals surface area contributed by atoms with Gasteiger partial charge in [0, 0.05) is 10.2 Å². The summed E-state index contributed by atoms with van der Waals surface area (Å²) in [7, 11) is 1.44. The third-order valence-corrected chi connectivity index (χ3v) is 6.78. The monoisotopic (exact) mass is 576 g/mol. The lowest BCUT2D eigenvalue weighted by molar-refractivity contribution is -0.145. The topological polar surface area (TPSA) is 111 Å². The number of aryl methyl sites for hydroxylation is 2. The smallest absolute Gasteiger partial charge is 0.344 e. The zero-order valence-corrected chi connectivity index (χ0v) is 22.6. The van der Waals surface area contributed by atoms with E-state index < -0.39 is 29.6 Å². The van der Waals surface area contributed by atoms with Gasteiger partial charge < -0.3 is 19.5 Å². The Morgan fingerprint density at radius 1 is 1.11 bits per heavy atom. The van der Waals surface area contributed by atoms with E-state index in [0.29, 0.717) is 27.2 Å². The predicted molar refractivity (Wildman–Crippen MR) is 140 cm³/mol. The molecule has 1 fully saturated rings. The average Bonchev–Trinajstić information content (AvgIpc) is 3.08. The van der Waals surface area contributed by atoms with Gasteiger partial charge in [-0.15, -0.1) is 0 Å². The predicted octanol–water partition coefficient (Wildman–Crippen LogP) is 4.69. The quantitative estimate of drug-likeness (QED) is 0.338. The van der Waals surface area contributed by atoms with E-state index in [2.05, 4.69) is 21.2 Å². The van der Waals surface area contributed by atoms with Crippen LogP contribution in [0.3, 0.4) is 0 Å². The Balaban J connectivity index is 1.73. The Kier molecular flexibility index (Phi) is 9.16. The van der Waals surface area contributed by atoms with Gasteiger partial charge in [-0.3, -0.25) is 19.3 Å². The molecule has 9 nitrogen and oxygen atoms in total. The number of halogens is 1. The highest BCUT2D eigenvalue weighted by Gasteiger charge is 2.36. The van der Waals surface area contributed by atoms with Crippen molar-refractivity contribution in [1.29, 1.82) is 0 Å². The van der Waals surface area contributed by atoms with Crippen LogP contribution in [0, 0.1) is 13.8 Å². The second-order valence-electron chi connectivity index (χ2n) is 7.73. The number of hydrogen-bond acceptors (Lipinski definition) is 8. The largest absolute Gasteiger partial charge is 0.493 e. The summed E-state index contributed by atoms with van der Waals surface area (Å²) < 4.78 is 16.2. The third kappa shape index (κ3) is 6.67. The van der Waals surface area contributed by atoms with Crippen molar-refractivity contribution in [3.63, 3.8) is 0 Å². The second kappa shape index (κ2) is 12.1. The zero-order valence-electron chi connectivity index (χ0n) is 20.2. The molecule has 0 saturated carbocycles. The molecule has 1 aliphatic rings. The molecule has 3 amide bonds. The summed E-state index contributed by atoms with van der Waals surface area (Å²) in [4.78, 5) is 50.5. The maximum atomic E-state index is 12.9. The van der Waals surface area contributed by atoms with Gasteiger partial charge in [-0.25, -0.2) is 4.79 Å². The minimum Gasteiger partial charge on any atom is -0.493 e.